The molecule has 0 amide bonds. The standard InChI is InChI=1S/C17H14ClNO2S/c1-13-10-11-19(17(13)14-6-3-2-4-7-14)22(20,21)16-9-5-8-15(18)12-16/h2-12H,1H3. The summed E-state index contributed by atoms with van der Waals surface area (Å²) in [5.74, 6) is 0. The summed E-state index contributed by atoms with van der Waals surface area (Å²) in [5, 5.41) is 0.395. The summed E-state index contributed by atoms with van der Waals surface area (Å²) in [6.07, 6.45) is 1.58. The van der Waals surface area contributed by atoms with Crippen LogP contribution in [0.1, 0.15) is 5.56 Å². The van der Waals surface area contributed by atoms with Crippen molar-refractivity contribution in [2.45, 2.75) is 11.8 Å². The molecule has 0 saturated carbocycles. The molecule has 3 nitrogen and oxygen atoms in total. The largest absolute Gasteiger partial charge is 0.268 e. The van der Waals surface area contributed by atoms with E-state index < -0.39 is 10.0 Å². The lowest BCUT2D eigenvalue weighted by Crippen LogP contribution is -2.13. The van der Waals surface area contributed by atoms with Crippen LogP contribution in [0, 0.1) is 6.92 Å². The van der Waals surface area contributed by atoms with E-state index in [-0.39, 0.29) is 4.90 Å². The first kappa shape index (κ1) is 14.9. The molecule has 1 aromatic heterocycles. The zero-order valence-electron chi connectivity index (χ0n) is 11.9. The molecule has 0 N–H and O–H groups in total. The fourth-order valence-electron chi connectivity index (χ4n) is 2.40. The van der Waals surface area contributed by atoms with E-state index >= 15 is 0 Å². The van der Waals surface area contributed by atoms with Gasteiger partial charge < -0.3 is 0 Å². The van der Waals surface area contributed by atoms with Crippen LogP contribution in [0.4, 0.5) is 0 Å². The molecule has 22 heavy (non-hydrogen) atoms. The van der Waals surface area contributed by atoms with Gasteiger partial charge in [-0.25, -0.2) is 12.4 Å². The summed E-state index contributed by atoms with van der Waals surface area (Å²) in [7, 11) is -3.69. The molecule has 5 heteroatoms. The predicted octanol–water partition coefficient (Wildman–Crippen LogP) is 4.35. The Morgan fingerprint density at radius 2 is 1.68 bits per heavy atom. The van der Waals surface area contributed by atoms with Crippen LogP contribution in [0.2, 0.25) is 5.02 Å². The third-order valence-corrected chi connectivity index (χ3v) is 5.36. The fourth-order valence-corrected chi connectivity index (χ4v) is 4.12. The Hall–Kier alpha value is -2.04. The number of halogens is 1. The Labute approximate surface area is 134 Å². The van der Waals surface area contributed by atoms with Gasteiger partial charge in [0.05, 0.1) is 10.6 Å². The predicted molar refractivity (Wildman–Crippen MR) is 88.6 cm³/mol. The number of rotatable bonds is 3. The van der Waals surface area contributed by atoms with Gasteiger partial charge in [-0.2, -0.15) is 0 Å². The molecule has 0 unspecified atom stereocenters. The van der Waals surface area contributed by atoms with Crippen LogP contribution in [-0.2, 0) is 10.0 Å². The minimum atomic E-state index is -3.69. The fraction of sp³-hybridized carbons (Fsp3) is 0.0588. The van der Waals surface area contributed by atoms with Gasteiger partial charge in [-0.15, -0.1) is 0 Å². The van der Waals surface area contributed by atoms with Crippen molar-refractivity contribution in [1.82, 2.24) is 3.97 Å². The molecule has 0 spiro atoms. The first-order valence-electron chi connectivity index (χ1n) is 6.74. The molecule has 0 aliphatic heterocycles. The Morgan fingerprint density at radius 1 is 0.955 bits per heavy atom. The lowest BCUT2D eigenvalue weighted by Gasteiger charge is -2.12. The van der Waals surface area contributed by atoms with E-state index in [1.54, 1.807) is 30.5 Å². The van der Waals surface area contributed by atoms with Crippen LogP contribution in [0.15, 0.2) is 71.8 Å². The van der Waals surface area contributed by atoms with Gasteiger partial charge >= 0.3 is 0 Å². The number of nitrogens with zero attached hydrogens (tertiary/aromatic N) is 1. The molecule has 0 bridgehead atoms. The summed E-state index contributed by atoms with van der Waals surface area (Å²) in [5.41, 5.74) is 2.42. The van der Waals surface area contributed by atoms with Crippen LogP contribution in [-0.4, -0.2) is 12.4 Å². The normalized spacial score (nSPS) is 11.5. The molecule has 0 radical (unpaired) electrons. The van der Waals surface area contributed by atoms with E-state index in [1.807, 2.05) is 37.3 Å². The third-order valence-electron chi connectivity index (χ3n) is 3.45. The van der Waals surface area contributed by atoms with Crippen LogP contribution < -0.4 is 0 Å². The van der Waals surface area contributed by atoms with Crippen LogP contribution in [0.25, 0.3) is 11.3 Å². The van der Waals surface area contributed by atoms with Gasteiger partial charge in [0.1, 0.15) is 0 Å². The van der Waals surface area contributed by atoms with E-state index in [2.05, 4.69) is 0 Å². The Bertz CT molecular complexity index is 915. The van der Waals surface area contributed by atoms with Gasteiger partial charge in [-0.3, -0.25) is 0 Å². The topological polar surface area (TPSA) is 39.1 Å². The van der Waals surface area contributed by atoms with Crippen molar-refractivity contribution in [2.24, 2.45) is 0 Å². The molecule has 0 saturated heterocycles. The second kappa shape index (κ2) is 5.63. The highest BCUT2D eigenvalue weighted by molar-refractivity contribution is 7.90. The summed E-state index contributed by atoms with van der Waals surface area (Å²) < 4.78 is 27.1. The van der Waals surface area contributed by atoms with Crippen molar-refractivity contribution < 1.29 is 8.42 Å². The van der Waals surface area contributed by atoms with Crippen molar-refractivity contribution >= 4 is 21.6 Å². The average Bonchev–Trinajstić information content (AvgIpc) is 2.90. The molecule has 112 valence electrons. The summed E-state index contributed by atoms with van der Waals surface area (Å²) in [6.45, 7) is 1.90. The number of hydrogen-bond acceptors (Lipinski definition) is 2. The van der Waals surface area contributed by atoms with Gasteiger partial charge in [0.2, 0.25) is 0 Å². The van der Waals surface area contributed by atoms with Crippen LogP contribution in [0.3, 0.4) is 0 Å². The quantitative estimate of drug-likeness (QED) is 0.715. The van der Waals surface area contributed by atoms with Crippen LogP contribution in [0.5, 0.6) is 0 Å². The van der Waals surface area contributed by atoms with Crippen molar-refractivity contribution in [1.29, 1.82) is 0 Å². The molecular formula is C17H14ClNO2S. The van der Waals surface area contributed by atoms with E-state index in [0.29, 0.717) is 10.7 Å². The third kappa shape index (κ3) is 2.56. The zero-order valence-corrected chi connectivity index (χ0v) is 13.5. The molecule has 0 aliphatic rings. The Balaban J connectivity index is 2.22. The van der Waals surface area contributed by atoms with Crippen LogP contribution >= 0.6 is 11.6 Å². The zero-order chi connectivity index (χ0) is 15.7. The molecule has 0 atom stereocenters. The molecule has 0 fully saturated rings. The van der Waals surface area contributed by atoms with Gasteiger partial charge in [-0.1, -0.05) is 48.0 Å². The Morgan fingerprint density at radius 3 is 2.36 bits per heavy atom. The van der Waals surface area contributed by atoms with E-state index in [9.17, 15) is 8.42 Å². The second-order valence-electron chi connectivity index (χ2n) is 4.97. The highest BCUT2D eigenvalue weighted by Gasteiger charge is 2.21. The summed E-state index contributed by atoms with van der Waals surface area (Å²) >= 11 is 5.93. The van der Waals surface area contributed by atoms with Gasteiger partial charge in [0.25, 0.3) is 10.0 Å². The molecule has 1 heterocycles. The number of hydrogen-bond donors (Lipinski definition) is 0. The maximum absolute atomic E-state index is 12.9. The minimum Gasteiger partial charge on any atom is -0.241 e. The number of aromatic nitrogens is 1. The van der Waals surface area contributed by atoms with E-state index in [1.165, 1.54) is 10.0 Å². The summed E-state index contributed by atoms with van der Waals surface area (Å²) in [4.78, 5) is 0.174. The maximum atomic E-state index is 12.9. The average molecular weight is 332 g/mol. The lowest BCUT2D eigenvalue weighted by atomic mass is 10.1. The van der Waals surface area contributed by atoms with Crippen molar-refractivity contribution in [3.63, 3.8) is 0 Å². The smallest absolute Gasteiger partial charge is 0.241 e. The molecule has 0 aliphatic carbocycles. The first-order valence-corrected chi connectivity index (χ1v) is 8.56. The van der Waals surface area contributed by atoms with Crippen molar-refractivity contribution in [3.05, 3.63) is 77.4 Å². The highest BCUT2D eigenvalue weighted by atomic mass is 35.5. The van der Waals surface area contributed by atoms with Crippen molar-refractivity contribution in [3.8, 4) is 11.3 Å². The molecule has 3 rings (SSSR count). The minimum absolute atomic E-state index is 0.174. The first-order chi connectivity index (χ1) is 10.5. The maximum Gasteiger partial charge on any atom is 0.268 e. The second-order valence-corrected chi connectivity index (χ2v) is 7.22. The Kier molecular flexibility index (Phi) is 3.81. The number of benzene rings is 2. The molecular weight excluding hydrogens is 318 g/mol. The van der Waals surface area contributed by atoms with Gasteiger partial charge in [0, 0.05) is 11.2 Å². The number of aryl methyl sites for hydroxylation is 1. The highest BCUT2D eigenvalue weighted by Crippen LogP contribution is 2.29. The van der Waals surface area contributed by atoms with E-state index in [4.69, 9.17) is 11.6 Å². The van der Waals surface area contributed by atoms with E-state index in [0.717, 1.165) is 11.1 Å². The van der Waals surface area contributed by atoms with Crippen molar-refractivity contribution in [2.75, 3.05) is 0 Å². The summed E-state index contributed by atoms with van der Waals surface area (Å²) in [6, 6.07) is 17.6. The SMILES string of the molecule is Cc1ccn(S(=O)(=O)c2cccc(Cl)c2)c1-c1ccccc1. The van der Waals surface area contributed by atoms with Gasteiger partial charge in [-0.05, 0) is 42.3 Å². The molecule has 3 aromatic rings. The molecule has 2 aromatic carbocycles. The lowest BCUT2D eigenvalue weighted by molar-refractivity contribution is 0.588. The monoisotopic (exact) mass is 331 g/mol. The van der Waals surface area contributed by atoms with Gasteiger partial charge in [0.15, 0.2) is 0 Å².